The average Bonchev–Trinajstić information content (AvgIpc) is 2.87. The first-order chi connectivity index (χ1) is 10.3. The fourth-order valence-corrected chi connectivity index (χ4v) is 2.92. The van der Waals surface area contributed by atoms with Crippen molar-refractivity contribution in [1.29, 1.82) is 0 Å². The van der Waals surface area contributed by atoms with Crippen molar-refractivity contribution in [2.24, 2.45) is 5.92 Å². The Balaban J connectivity index is 2.16. The monoisotopic (exact) mass is 368 g/mol. The highest BCUT2D eigenvalue weighted by molar-refractivity contribution is 9.10. The maximum Gasteiger partial charge on any atom is 0.326 e. The number of carboxylic acid groups (broad SMARTS) is 1. The molecule has 0 radical (unpaired) electrons. The van der Waals surface area contributed by atoms with E-state index in [2.05, 4.69) is 15.9 Å². The van der Waals surface area contributed by atoms with Crippen molar-refractivity contribution in [3.05, 3.63) is 28.7 Å². The summed E-state index contributed by atoms with van der Waals surface area (Å²) in [7, 11) is 1.41. The Labute approximate surface area is 136 Å². The summed E-state index contributed by atoms with van der Waals surface area (Å²) in [6.07, 6.45) is 0.385. The number of benzene rings is 1. The van der Waals surface area contributed by atoms with Gasteiger partial charge >= 0.3 is 5.97 Å². The van der Waals surface area contributed by atoms with E-state index in [0.29, 0.717) is 13.0 Å². The van der Waals surface area contributed by atoms with Crippen molar-refractivity contribution in [3.63, 3.8) is 0 Å². The number of carbonyl (C=O) groups excluding carboxylic acids is 2. The van der Waals surface area contributed by atoms with Gasteiger partial charge < -0.3 is 14.9 Å². The minimum atomic E-state index is -1.09. The fourth-order valence-electron chi connectivity index (χ4n) is 2.42. The van der Waals surface area contributed by atoms with Crippen LogP contribution in [-0.4, -0.2) is 47.4 Å². The third-order valence-electron chi connectivity index (χ3n) is 3.93. The number of para-hydroxylation sites is 1. The largest absolute Gasteiger partial charge is 0.480 e. The van der Waals surface area contributed by atoms with Gasteiger partial charge in [0.05, 0.1) is 5.69 Å². The molecule has 1 aliphatic heterocycles. The summed E-state index contributed by atoms with van der Waals surface area (Å²) in [6.45, 7) is 1.86. The van der Waals surface area contributed by atoms with Gasteiger partial charge in [-0.15, -0.1) is 0 Å². The summed E-state index contributed by atoms with van der Waals surface area (Å²) in [5, 5.41) is 8.98. The molecule has 1 heterocycles. The summed E-state index contributed by atoms with van der Waals surface area (Å²) < 4.78 is 0.781. The third-order valence-corrected chi connectivity index (χ3v) is 4.60. The van der Waals surface area contributed by atoms with Crippen LogP contribution < -0.4 is 4.90 Å². The number of halogens is 1. The van der Waals surface area contributed by atoms with E-state index >= 15 is 0 Å². The zero-order chi connectivity index (χ0) is 16.4. The molecule has 7 heteroatoms. The van der Waals surface area contributed by atoms with Gasteiger partial charge in [-0.25, -0.2) is 4.79 Å². The van der Waals surface area contributed by atoms with E-state index in [4.69, 9.17) is 5.11 Å². The van der Waals surface area contributed by atoms with Gasteiger partial charge in [0.25, 0.3) is 0 Å². The molecule has 1 aromatic rings. The second-order valence-corrected chi connectivity index (χ2v) is 6.10. The van der Waals surface area contributed by atoms with Crippen molar-refractivity contribution < 1.29 is 19.5 Å². The highest BCUT2D eigenvalue weighted by Gasteiger charge is 2.40. The van der Waals surface area contributed by atoms with Gasteiger partial charge in [-0.2, -0.15) is 0 Å². The van der Waals surface area contributed by atoms with Crippen molar-refractivity contribution in [1.82, 2.24) is 4.90 Å². The Kier molecular flexibility index (Phi) is 4.85. The van der Waals surface area contributed by atoms with Gasteiger partial charge in [-0.05, 0) is 41.4 Å². The van der Waals surface area contributed by atoms with Crippen LogP contribution in [0.4, 0.5) is 5.69 Å². The third kappa shape index (κ3) is 2.99. The molecule has 22 heavy (non-hydrogen) atoms. The second-order valence-electron chi connectivity index (χ2n) is 5.25. The van der Waals surface area contributed by atoms with Gasteiger partial charge in [0.15, 0.2) is 0 Å². The van der Waals surface area contributed by atoms with E-state index in [1.54, 1.807) is 11.0 Å². The maximum atomic E-state index is 12.5. The van der Waals surface area contributed by atoms with Gasteiger partial charge in [0, 0.05) is 18.1 Å². The number of amides is 2. The van der Waals surface area contributed by atoms with Crippen LogP contribution in [-0.2, 0) is 14.4 Å². The molecular weight excluding hydrogens is 352 g/mol. The summed E-state index contributed by atoms with van der Waals surface area (Å²) in [4.78, 5) is 38.5. The predicted molar refractivity (Wildman–Crippen MR) is 84.5 cm³/mol. The number of aliphatic carboxylic acids is 1. The van der Waals surface area contributed by atoms with Crippen LogP contribution in [0.25, 0.3) is 0 Å². The van der Waals surface area contributed by atoms with Crippen LogP contribution >= 0.6 is 15.9 Å². The van der Waals surface area contributed by atoms with E-state index < -0.39 is 23.8 Å². The van der Waals surface area contributed by atoms with Gasteiger partial charge in [-0.1, -0.05) is 12.1 Å². The molecular formula is C15H17BrN2O4. The second kappa shape index (κ2) is 6.48. The number of anilines is 1. The molecule has 6 nitrogen and oxygen atoms in total. The van der Waals surface area contributed by atoms with Crippen molar-refractivity contribution in [3.8, 4) is 0 Å². The van der Waals surface area contributed by atoms with Crippen molar-refractivity contribution in [2.75, 3.05) is 18.5 Å². The number of nitrogens with zero attached hydrogens (tertiary/aromatic N) is 2. The zero-order valence-corrected chi connectivity index (χ0v) is 13.9. The minimum Gasteiger partial charge on any atom is -0.480 e. The lowest BCUT2D eigenvalue weighted by atomic mass is 10.1. The molecule has 1 N–H and O–H groups in total. The first-order valence-corrected chi connectivity index (χ1v) is 7.69. The summed E-state index contributed by atoms with van der Waals surface area (Å²) in [6, 6.07) is 6.34. The molecule has 0 bridgehead atoms. The standard InChI is InChI=1S/C15H17BrN2O4/c1-9(15(21)22)17(2)13(19)10-7-8-18(14(10)20)12-6-4-3-5-11(12)16/h3-6,9-10H,7-8H2,1-2H3,(H,21,22)/t9-,10+/m0/s1. The maximum absolute atomic E-state index is 12.5. The van der Waals surface area contributed by atoms with Crippen molar-refractivity contribution in [2.45, 2.75) is 19.4 Å². The van der Waals surface area contributed by atoms with Crippen molar-refractivity contribution >= 4 is 39.4 Å². The highest BCUT2D eigenvalue weighted by atomic mass is 79.9. The summed E-state index contributed by atoms with van der Waals surface area (Å²) in [5.41, 5.74) is 0.719. The van der Waals surface area contributed by atoms with Gasteiger partial charge in [0.1, 0.15) is 12.0 Å². The molecule has 2 atom stereocenters. The van der Waals surface area contributed by atoms with Crippen LogP contribution in [0.2, 0.25) is 0 Å². The summed E-state index contributed by atoms with van der Waals surface area (Å²) in [5.74, 6) is -2.65. The highest BCUT2D eigenvalue weighted by Crippen LogP contribution is 2.32. The lowest BCUT2D eigenvalue weighted by molar-refractivity contribution is -0.151. The lowest BCUT2D eigenvalue weighted by Gasteiger charge is -2.24. The number of hydrogen-bond donors (Lipinski definition) is 1. The predicted octanol–water partition coefficient (Wildman–Crippen LogP) is 1.73. The molecule has 2 amide bonds. The Bertz CT molecular complexity index is 619. The van der Waals surface area contributed by atoms with Gasteiger partial charge in [0.2, 0.25) is 11.8 Å². The topological polar surface area (TPSA) is 77.9 Å². The minimum absolute atomic E-state index is 0.290. The first kappa shape index (κ1) is 16.5. The van der Waals surface area contributed by atoms with E-state index in [-0.39, 0.29) is 5.91 Å². The number of carboxylic acids is 1. The SMILES string of the molecule is C[C@@H](C(=O)O)N(C)C(=O)[C@H]1CCN(c2ccccc2Br)C1=O. The van der Waals surface area contributed by atoms with E-state index in [9.17, 15) is 14.4 Å². The number of likely N-dealkylation sites (N-methyl/N-ethyl adjacent to an activating group) is 1. The first-order valence-electron chi connectivity index (χ1n) is 6.90. The average molecular weight is 369 g/mol. The number of carbonyl (C=O) groups is 3. The number of rotatable bonds is 4. The quantitative estimate of drug-likeness (QED) is 0.821. The molecule has 0 spiro atoms. The van der Waals surface area contributed by atoms with E-state index in [1.807, 2.05) is 18.2 Å². The zero-order valence-electron chi connectivity index (χ0n) is 12.3. The molecule has 1 saturated heterocycles. The molecule has 118 valence electrons. The molecule has 1 aromatic carbocycles. The smallest absolute Gasteiger partial charge is 0.326 e. The Hall–Kier alpha value is -1.89. The van der Waals surface area contributed by atoms with Gasteiger partial charge in [-0.3, -0.25) is 9.59 Å². The van der Waals surface area contributed by atoms with Crippen LogP contribution in [0.15, 0.2) is 28.7 Å². The van der Waals surface area contributed by atoms with Crippen LogP contribution in [0.5, 0.6) is 0 Å². The summed E-state index contributed by atoms with van der Waals surface area (Å²) >= 11 is 3.40. The molecule has 1 fully saturated rings. The van der Waals surface area contributed by atoms with E-state index in [1.165, 1.54) is 14.0 Å². The molecule has 0 aromatic heterocycles. The lowest BCUT2D eigenvalue weighted by Crippen LogP contribution is -2.45. The molecule has 0 unspecified atom stereocenters. The fraction of sp³-hybridized carbons (Fsp3) is 0.400. The van der Waals surface area contributed by atoms with E-state index in [0.717, 1.165) is 15.1 Å². The molecule has 1 aliphatic rings. The Morgan fingerprint density at radius 3 is 2.64 bits per heavy atom. The molecule has 0 saturated carbocycles. The van der Waals surface area contributed by atoms with Crippen LogP contribution in [0.3, 0.4) is 0 Å². The molecule has 0 aliphatic carbocycles. The van der Waals surface area contributed by atoms with Crippen LogP contribution in [0.1, 0.15) is 13.3 Å². The Morgan fingerprint density at radius 2 is 2.05 bits per heavy atom. The number of hydrogen-bond acceptors (Lipinski definition) is 3. The molecule has 2 rings (SSSR count). The normalized spacial score (nSPS) is 19.1. The Morgan fingerprint density at radius 1 is 1.41 bits per heavy atom. The van der Waals surface area contributed by atoms with Crippen LogP contribution in [0, 0.1) is 5.92 Å².